The number of rotatable bonds is 4. The molecule has 0 spiro atoms. The van der Waals surface area contributed by atoms with Crippen molar-refractivity contribution in [2.75, 3.05) is 41.3 Å². The summed E-state index contributed by atoms with van der Waals surface area (Å²) in [7, 11) is 0. The Morgan fingerprint density at radius 2 is 1.64 bits per heavy atom. The van der Waals surface area contributed by atoms with Crippen LogP contribution in [0.3, 0.4) is 0 Å². The second-order valence-electron chi connectivity index (χ2n) is 6.22. The quantitative estimate of drug-likeness (QED) is 0.742. The molecule has 1 amide bonds. The van der Waals surface area contributed by atoms with Gasteiger partial charge in [0.05, 0.1) is 5.69 Å². The van der Waals surface area contributed by atoms with Gasteiger partial charge in [-0.05, 0) is 18.2 Å². The van der Waals surface area contributed by atoms with E-state index in [1.54, 1.807) is 36.7 Å². The first-order valence-electron chi connectivity index (χ1n) is 8.85. The maximum atomic E-state index is 13.7. The third kappa shape index (κ3) is 3.88. The molecule has 1 N–H and O–H groups in total. The van der Waals surface area contributed by atoms with Crippen LogP contribution in [0.25, 0.3) is 0 Å². The minimum Gasteiger partial charge on any atom is -0.353 e. The molecule has 3 aromatic rings. The number of nitrogens with zero attached hydrogens (tertiary/aromatic N) is 6. The van der Waals surface area contributed by atoms with E-state index in [0.717, 1.165) is 13.1 Å². The average Bonchev–Trinajstić information content (AvgIpc) is 2.76. The van der Waals surface area contributed by atoms with Gasteiger partial charge in [0.25, 0.3) is 5.91 Å². The molecule has 1 aliphatic rings. The molecule has 1 saturated heterocycles. The first kappa shape index (κ1) is 17.8. The third-order valence-corrected chi connectivity index (χ3v) is 4.45. The first-order chi connectivity index (χ1) is 13.7. The van der Waals surface area contributed by atoms with Gasteiger partial charge >= 0.3 is 0 Å². The smallest absolute Gasteiger partial charge is 0.274 e. The van der Waals surface area contributed by atoms with Crippen LogP contribution in [-0.2, 0) is 0 Å². The zero-order chi connectivity index (χ0) is 19.3. The highest BCUT2D eigenvalue weighted by Crippen LogP contribution is 2.18. The molecule has 0 saturated carbocycles. The maximum absolute atomic E-state index is 13.7. The number of hydrogen-bond donors (Lipinski definition) is 1. The number of aromatic nitrogens is 4. The van der Waals surface area contributed by atoms with E-state index < -0.39 is 11.7 Å². The highest BCUT2D eigenvalue weighted by Gasteiger charge is 2.21. The van der Waals surface area contributed by atoms with Crippen molar-refractivity contribution in [2.24, 2.45) is 0 Å². The molecular weight excluding hydrogens is 361 g/mol. The van der Waals surface area contributed by atoms with Crippen molar-refractivity contribution in [3.8, 4) is 0 Å². The van der Waals surface area contributed by atoms with E-state index in [-0.39, 0.29) is 11.4 Å². The van der Waals surface area contributed by atoms with E-state index in [1.165, 1.54) is 18.5 Å². The fourth-order valence-electron chi connectivity index (χ4n) is 2.98. The van der Waals surface area contributed by atoms with Gasteiger partial charge in [-0.2, -0.15) is 0 Å². The summed E-state index contributed by atoms with van der Waals surface area (Å²) < 4.78 is 13.7. The zero-order valence-corrected chi connectivity index (χ0v) is 15.0. The van der Waals surface area contributed by atoms with Crippen LogP contribution in [0.1, 0.15) is 10.5 Å². The summed E-state index contributed by atoms with van der Waals surface area (Å²) in [6.45, 7) is 2.91. The number of benzene rings is 1. The second-order valence-corrected chi connectivity index (χ2v) is 6.22. The summed E-state index contributed by atoms with van der Waals surface area (Å²) in [5.74, 6) is 0.381. The molecule has 1 aliphatic heterocycles. The van der Waals surface area contributed by atoms with Gasteiger partial charge in [-0.3, -0.25) is 4.79 Å². The zero-order valence-electron chi connectivity index (χ0n) is 15.0. The van der Waals surface area contributed by atoms with Crippen LogP contribution >= 0.6 is 0 Å². The summed E-state index contributed by atoms with van der Waals surface area (Å²) in [5.41, 5.74) is 0.297. The third-order valence-electron chi connectivity index (χ3n) is 4.45. The predicted molar refractivity (Wildman–Crippen MR) is 103 cm³/mol. The summed E-state index contributed by atoms with van der Waals surface area (Å²) >= 11 is 0. The van der Waals surface area contributed by atoms with E-state index in [0.29, 0.717) is 24.9 Å². The molecular formula is C19H18FN7O. The minimum absolute atomic E-state index is 0.115. The minimum atomic E-state index is -0.496. The van der Waals surface area contributed by atoms with Crippen molar-refractivity contribution in [3.05, 3.63) is 66.6 Å². The Bertz CT molecular complexity index is 961. The molecule has 1 fully saturated rings. The Kier molecular flexibility index (Phi) is 5.05. The van der Waals surface area contributed by atoms with Crippen LogP contribution in [0, 0.1) is 5.82 Å². The number of nitrogens with one attached hydrogen (secondary N) is 1. The number of anilines is 3. The van der Waals surface area contributed by atoms with Crippen LogP contribution < -0.4 is 15.1 Å². The van der Waals surface area contributed by atoms with Gasteiger partial charge in [0.15, 0.2) is 0 Å². The van der Waals surface area contributed by atoms with Crippen molar-refractivity contribution in [3.63, 3.8) is 0 Å². The molecule has 3 heterocycles. The molecule has 9 heteroatoms. The molecule has 8 nitrogen and oxygen atoms in total. The van der Waals surface area contributed by atoms with Crippen molar-refractivity contribution in [2.45, 2.75) is 0 Å². The molecule has 4 rings (SSSR count). The fraction of sp³-hybridized carbons (Fsp3) is 0.211. The Balaban J connectivity index is 1.43. The monoisotopic (exact) mass is 379 g/mol. The van der Waals surface area contributed by atoms with Gasteiger partial charge in [0.1, 0.15) is 23.7 Å². The van der Waals surface area contributed by atoms with Gasteiger partial charge in [0, 0.05) is 44.6 Å². The first-order valence-corrected chi connectivity index (χ1v) is 8.85. The molecule has 142 valence electrons. The van der Waals surface area contributed by atoms with Crippen LogP contribution in [0.4, 0.5) is 21.8 Å². The summed E-state index contributed by atoms with van der Waals surface area (Å²) in [5, 5.41) is 2.54. The molecule has 1 aromatic carbocycles. The van der Waals surface area contributed by atoms with Crippen molar-refractivity contribution in [1.82, 2.24) is 19.9 Å². The molecule has 0 unspecified atom stereocenters. The Labute approximate surface area is 161 Å². The van der Waals surface area contributed by atoms with E-state index in [2.05, 4.69) is 35.1 Å². The van der Waals surface area contributed by atoms with Gasteiger partial charge in [-0.1, -0.05) is 12.1 Å². The number of carbonyl (C=O) groups excluding carboxylic acids is 1. The SMILES string of the molecule is O=C(Nc1ccccc1F)c1cc(N2CCN(c3ncccn3)CC2)ncn1. The van der Waals surface area contributed by atoms with Crippen LogP contribution in [0.5, 0.6) is 0 Å². The number of hydrogen-bond acceptors (Lipinski definition) is 7. The predicted octanol–water partition coefficient (Wildman–Crippen LogP) is 1.98. The highest BCUT2D eigenvalue weighted by molar-refractivity contribution is 6.03. The number of amides is 1. The molecule has 28 heavy (non-hydrogen) atoms. The van der Waals surface area contributed by atoms with Crippen molar-refractivity contribution in [1.29, 1.82) is 0 Å². The lowest BCUT2D eigenvalue weighted by Gasteiger charge is -2.35. The van der Waals surface area contributed by atoms with E-state index in [4.69, 9.17) is 0 Å². The number of para-hydroxylation sites is 1. The standard InChI is InChI=1S/C19H18FN7O/c20-14-4-1-2-5-15(14)25-18(28)16-12-17(24-13-23-16)26-8-10-27(11-9-26)19-21-6-3-7-22-19/h1-7,12-13H,8-11H2,(H,25,28). The van der Waals surface area contributed by atoms with Gasteiger partial charge in [0.2, 0.25) is 5.95 Å². The normalized spacial score (nSPS) is 14.0. The van der Waals surface area contributed by atoms with Crippen LogP contribution in [0.15, 0.2) is 55.1 Å². The topological polar surface area (TPSA) is 87.1 Å². The Hall–Kier alpha value is -3.62. The molecule has 0 atom stereocenters. The van der Waals surface area contributed by atoms with Crippen molar-refractivity contribution < 1.29 is 9.18 Å². The van der Waals surface area contributed by atoms with Crippen LogP contribution in [0.2, 0.25) is 0 Å². The van der Waals surface area contributed by atoms with Gasteiger partial charge < -0.3 is 15.1 Å². The lowest BCUT2D eigenvalue weighted by atomic mass is 10.2. The maximum Gasteiger partial charge on any atom is 0.274 e. The number of halogens is 1. The fourth-order valence-corrected chi connectivity index (χ4v) is 2.98. The average molecular weight is 379 g/mol. The summed E-state index contributed by atoms with van der Waals surface area (Å²) in [6, 6.07) is 9.41. The Morgan fingerprint density at radius 1 is 0.929 bits per heavy atom. The van der Waals surface area contributed by atoms with E-state index in [1.807, 2.05) is 0 Å². The Morgan fingerprint density at radius 3 is 2.39 bits per heavy atom. The highest BCUT2D eigenvalue weighted by atomic mass is 19.1. The summed E-state index contributed by atoms with van der Waals surface area (Å²) in [4.78, 5) is 33.4. The molecule has 0 bridgehead atoms. The molecule has 2 aromatic heterocycles. The molecule has 0 aliphatic carbocycles. The largest absolute Gasteiger partial charge is 0.353 e. The van der Waals surface area contributed by atoms with Crippen molar-refractivity contribution >= 4 is 23.4 Å². The van der Waals surface area contributed by atoms with E-state index >= 15 is 0 Å². The second kappa shape index (κ2) is 7.95. The molecule has 0 radical (unpaired) electrons. The lowest BCUT2D eigenvalue weighted by molar-refractivity contribution is 0.102. The summed E-state index contributed by atoms with van der Waals surface area (Å²) in [6.07, 6.45) is 4.79. The lowest BCUT2D eigenvalue weighted by Crippen LogP contribution is -2.47. The van der Waals surface area contributed by atoms with E-state index in [9.17, 15) is 9.18 Å². The van der Waals surface area contributed by atoms with Gasteiger partial charge in [-0.15, -0.1) is 0 Å². The van der Waals surface area contributed by atoms with Gasteiger partial charge in [-0.25, -0.2) is 24.3 Å². The number of piperazine rings is 1. The number of carbonyl (C=O) groups is 1. The van der Waals surface area contributed by atoms with Crippen LogP contribution in [-0.4, -0.2) is 52.0 Å².